The van der Waals surface area contributed by atoms with Crippen molar-refractivity contribution in [2.45, 2.75) is 39.4 Å². The Morgan fingerprint density at radius 1 is 1.21 bits per heavy atom. The number of para-hydroxylation sites is 1. The highest BCUT2D eigenvalue weighted by Crippen LogP contribution is 2.27. The normalized spacial score (nSPS) is 15.7. The molecular formula is C20H24N8O. The Hall–Kier alpha value is -3.20. The standard InChI is InChI=1S/C20H24N8O/c1-12-9-14-11-26(7-8-27(14)24-12)13(2)10-17-22-19-15-5-4-6-16(29-3)18(15)23-20(21)28(19)25-17/h4-6,9,13H,7-8,10-11H2,1-3H3,(H2,21,23)/t13-/m0/s1. The number of benzene rings is 1. The molecule has 2 N–H and O–H groups in total. The molecule has 4 heterocycles. The summed E-state index contributed by atoms with van der Waals surface area (Å²) in [6.45, 7) is 7.02. The molecule has 29 heavy (non-hydrogen) atoms. The number of hydrogen-bond donors (Lipinski definition) is 1. The average molecular weight is 392 g/mol. The van der Waals surface area contributed by atoms with Crippen LogP contribution < -0.4 is 10.5 Å². The topological polar surface area (TPSA) is 99.4 Å². The molecule has 0 bridgehead atoms. The third kappa shape index (κ3) is 2.98. The second kappa shape index (κ2) is 6.70. The largest absolute Gasteiger partial charge is 0.494 e. The number of hydrogen-bond acceptors (Lipinski definition) is 7. The average Bonchev–Trinajstić information content (AvgIpc) is 3.30. The summed E-state index contributed by atoms with van der Waals surface area (Å²) in [6.07, 6.45) is 0.736. The van der Waals surface area contributed by atoms with E-state index >= 15 is 0 Å². The van der Waals surface area contributed by atoms with Crippen LogP contribution in [-0.2, 0) is 19.5 Å². The van der Waals surface area contributed by atoms with Crippen LogP contribution >= 0.6 is 0 Å². The van der Waals surface area contributed by atoms with E-state index in [2.05, 4.69) is 37.8 Å². The molecule has 4 aromatic rings. The first kappa shape index (κ1) is 17.9. The number of aromatic nitrogens is 6. The van der Waals surface area contributed by atoms with Crippen LogP contribution in [0, 0.1) is 6.92 Å². The van der Waals surface area contributed by atoms with Gasteiger partial charge in [0.15, 0.2) is 11.5 Å². The van der Waals surface area contributed by atoms with Crippen LogP contribution in [0.5, 0.6) is 5.75 Å². The van der Waals surface area contributed by atoms with Gasteiger partial charge < -0.3 is 10.5 Å². The van der Waals surface area contributed by atoms with E-state index in [1.807, 2.05) is 25.1 Å². The highest BCUT2D eigenvalue weighted by atomic mass is 16.5. The number of anilines is 1. The molecule has 1 aliphatic rings. The molecule has 0 aliphatic carbocycles. The molecule has 1 aromatic carbocycles. The molecule has 0 unspecified atom stereocenters. The SMILES string of the molecule is COc1cccc2c1nc(N)n1nc(C[C@H](C)N3CCn4nc(C)cc4C3)nc21. The van der Waals surface area contributed by atoms with Gasteiger partial charge in [0.2, 0.25) is 5.95 Å². The maximum atomic E-state index is 6.16. The van der Waals surface area contributed by atoms with E-state index in [0.29, 0.717) is 28.9 Å². The lowest BCUT2D eigenvalue weighted by atomic mass is 10.1. The Bertz CT molecular complexity index is 1210. The lowest BCUT2D eigenvalue weighted by Gasteiger charge is -2.32. The van der Waals surface area contributed by atoms with E-state index in [1.165, 1.54) is 5.69 Å². The van der Waals surface area contributed by atoms with Crippen LogP contribution in [0.25, 0.3) is 16.6 Å². The van der Waals surface area contributed by atoms with Crippen molar-refractivity contribution in [3.63, 3.8) is 0 Å². The summed E-state index contributed by atoms with van der Waals surface area (Å²) in [4.78, 5) is 11.7. The Morgan fingerprint density at radius 3 is 2.90 bits per heavy atom. The van der Waals surface area contributed by atoms with Crippen molar-refractivity contribution in [3.05, 3.63) is 41.5 Å². The summed E-state index contributed by atoms with van der Waals surface area (Å²) < 4.78 is 9.15. The predicted octanol–water partition coefficient (Wildman–Crippen LogP) is 1.82. The van der Waals surface area contributed by atoms with Crippen molar-refractivity contribution in [2.24, 2.45) is 0 Å². The lowest BCUT2D eigenvalue weighted by molar-refractivity contribution is 0.158. The third-order valence-corrected chi connectivity index (χ3v) is 5.61. The second-order valence-electron chi connectivity index (χ2n) is 7.61. The number of aryl methyl sites for hydroxylation is 1. The Balaban J connectivity index is 1.45. The van der Waals surface area contributed by atoms with Gasteiger partial charge in [0, 0.05) is 30.9 Å². The van der Waals surface area contributed by atoms with E-state index in [0.717, 1.165) is 43.0 Å². The Morgan fingerprint density at radius 2 is 2.07 bits per heavy atom. The summed E-state index contributed by atoms with van der Waals surface area (Å²) in [5, 5.41) is 10.1. The van der Waals surface area contributed by atoms with Gasteiger partial charge in [-0.05, 0) is 32.0 Å². The summed E-state index contributed by atoms with van der Waals surface area (Å²) in [7, 11) is 1.62. The predicted molar refractivity (Wildman–Crippen MR) is 110 cm³/mol. The van der Waals surface area contributed by atoms with Crippen LogP contribution in [-0.4, -0.2) is 54.0 Å². The molecule has 9 nitrogen and oxygen atoms in total. The van der Waals surface area contributed by atoms with Crippen molar-refractivity contribution in [1.29, 1.82) is 0 Å². The minimum atomic E-state index is 0.298. The molecule has 0 spiro atoms. The molecule has 0 radical (unpaired) electrons. The van der Waals surface area contributed by atoms with Crippen LogP contribution in [0.15, 0.2) is 24.3 Å². The third-order valence-electron chi connectivity index (χ3n) is 5.61. The quantitative estimate of drug-likeness (QED) is 0.565. The van der Waals surface area contributed by atoms with Gasteiger partial charge in [-0.25, -0.2) is 9.97 Å². The molecule has 0 amide bonds. The van der Waals surface area contributed by atoms with E-state index < -0.39 is 0 Å². The van der Waals surface area contributed by atoms with Crippen LogP contribution in [0.2, 0.25) is 0 Å². The van der Waals surface area contributed by atoms with Crippen LogP contribution in [0.1, 0.15) is 24.1 Å². The highest BCUT2D eigenvalue weighted by molar-refractivity contribution is 5.95. The van der Waals surface area contributed by atoms with Gasteiger partial charge >= 0.3 is 0 Å². The van der Waals surface area contributed by atoms with Gasteiger partial charge in [-0.1, -0.05) is 6.07 Å². The van der Waals surface area contributed by atoms with Crippen molar-refractivity contribution in [1.82, 2.24) is 34.3 Å². The number of ether oxygens (including phenoxy) is 1. The first-order chi connectivity index (χ1) is 14.0. The highest BCUT2D eigenvalue weighted by Gasteiger charge is 2.23. The van der Waals surface area contributed by atoms with Gasteiger partial charge in [-0.15, -0.1) is 5.10 Å². The summed E-state index contributed by atoms with van der Waals surface area (Å²) >= 11 is 0. The van der Waals surface area contributed by atoms with E-state index in [1.54, 1.807) is 11.6 Å². The molecular weight excluding hydrogens is 368 g/mol. The van der Waals surface area contributed by atoms with E-state index in [-0.39, 0.29) is 0 Å². The minimum absolute atomic E-state index is 0.298. The molecule has 5 rings (SSSR count). The summed E-state index contributed by atoms with van der Waals surface area (Å²) in [5.74, 6) is 1.74. The van der Waals surface area contributed by atoms with Crippen LogP contribution in [0.4, 0.5) is 5.95 Å². The Kier molecular flexibility index (Phi) is 4.13. The first-order valence-electron chi connectivity index (χ1n) is 9.78. The number of fused-ring (bicyclic) bond motifs is 4. The molecule has 0 saturated heterocycles. The fourth-order valence-electron chi connectivity index (χ4n) is 4.12. The fraction of sp³-hybridized carbons (Fsp3) is 0.400. The van der Waals surface area contributed by atoms with Gasteiger partial charge in [-0.2, -0.15) is 9.61 Å². The molecule has 0 fully saturated rings. The first-order valence-corrected chi connectivity index (χ1v) is 9.78. The van der Waals surface area contributed by atoms with Crippen molar-refractivity contribution in [3.8, 4) is 5.75 Å². The zero-order valence-electron chi connectivity index (χ0n) is 16.8. The molecule has 1 atom stereocenters. The monoisotopic (exact) mass is 392 g/mol. The molecule has 150 valence electrons. The maximum Gasteiger partial charge on any atom is 0.223 e. The van der Waals surface area contributed by atoms with Crippen molar-refractivity contribution < 1.29 is 4.74 Å². The number of nitrogens with zero attached hydrogens (tertiary/aromatic N) is 7. The second-order valence-corrected chi connectivity index (χ2v) is 7.61. The van der Waals surface area contributed by atoms with E-state index in [4.69, 9.17) is 15.5 Å². The summed E-state index contributed by atoms with van der Waals surface area (Å²) in [5.41, 5.74) is 9.90. The number of nitrogen functional groups attached to an aromatic ring is 1. The van der Waals surface area contributed by atoms with Gasteiger partial charge in [0.1, 0.15) is 11.3 Å². The summed E-state index contributed by atoms with van der Waals surface area (Å²) in [6, 6.07) is 8.22. The molecule has 0 saturated carbocycles. The lowest BCUT2D eigenvalue weighted by Crippen LogP contribution is -2.41. The van der Waals surface area contributed by atoms with Gasteiger partial charge in [0.05, 0.1) is 25.0 Å². The molecule has 9 heteroatoms. The van der Waals surface area contributed by atoms with Gasteiger partial charge in [0.25, 0.3) is 0 Å². The van der Waals surface area contributed by atoms with Crippen LogP contribution in [0.3, 0.4) is 0 Å². The van der Waals surface area contributed by atoms with Crippen molar-refractivity contribution in [2.75, 3.05) is 19.4 Å². The Labute approximate surface area is 168 Å². The minimum Gasteiger partial charge on any atom is -0.494 e. The molecule has 3 aromatic heterocycles. The number of nitrogens with two attached hydrogens (primary N) is 1. The number of rotatable bonds is 4. The maximum absolute atomic E-state index is 6.16. The smallest absolute Gasteiger partial charge is 0.223 e. The van der Waals surface area contributed by atoms with E-state index in [9.17, 15) is 0 Å². The molecule has 1 aliphatic heterocycles. The fourth-order valence-corrected chi connectivity index (χ4v) is 4.12. The zero-order chi connectivity index (χ0) is 20.1. The van der Waals surface area contributed by atoms with Gasteiger partial charge in [-0.3, -0.25) is 9.58 Å². The van der Waals surface area contributed by atoms with Crippen molar-refractivity contribution >= 4 is 22.5 Å². The number of methoxy groups -OCH3 is 1. The zero-order valence-corrected chi connectivity index (χ0v) is 16.8.